The van der Waals surface area contributed by atoms with Crippen molar-refractivity contribution in [3.8, 4) is 11.3 Å². The SMILES string of the molecule is C/C=C/C(=O)N1CCC[C@H]1c1nc(-c2ccc(NC(=O)c3ccccc3)cc2)c2c(N)nccn12. The van der Waals surface area contributed by atoms with Crippen LogP contribution in [-0.2, 0) is 4.79 Å². The Morgan fingerprint density at radius 2 is 1.89 bits per heavy atom. The maximum Gasteiger partial charge on any atom is 0.255 e. The van der Waals surface area contributed by atoms with Crippen molar-refractivity contribution in [2.45, 2.75) is 25.8 Å². The molecule has 1 atom stereocenters. The molecule has 2 aromatic heterocycles. The van der Waals surface area contributed by atoms with Crippen LogP contribution in [0.1, 0.15) is 42.0 Å². The van der Waals surface area contributed by atoms with Crippen LogP contribution in [0.15, 0.2) is 79.1 Å². The Bertz CT molecular complexity index is 1410. The number of imidazole rings is 1. The van der Waals surface area contributed by atoms with E-state index in [0.29, 0.717) is 34.8 Å². The zero-order valence-corrected chi connectivity index (χ0v) is 19.4. The molecule has 3 N–H and O–H groups in total. The summed E-state index contributed by atoms with van der Waals surface area (Å²) in [6.45, 7) is 2.53. The summed E-state index contributed by atoms with van der Waals surface area (Å²) >= 11 is 0. The van der Waals surface area contributed by atoms with Gasteiger partial charge in [0.2, 0.25) is 5.91 Å². The molecule has 2 aromatic carbocycles. The Kier molecular flexibility index (Phi) is 6.01. The number of allylic oxidation sites excluding steroid dienone is 1. The third kappa shape index (κ3) is 4.26. The molecular formula is C27H26N6O2. The van der Waals surface area contributed by atoms with Crippen molar-refractivity contribution in [1.82, 2.24) is 19.3 Å². The van der Waals surface area contributed by atoms with Gasteiger partial charge in [-0.2, -0.15) is 0 Å². The number of aromatic nitrogens is 3. The van der Waals surface area contributed by atoms with Gasteiger partial charge in [0.1, 0.15) is 22.9 Å². The Balaban J connectivity index is 1.49. The van der Waals surface area contributed by atoms with Crippen LogP contribution in [0.2, 0.25) is 0 Å². The number of nitrogen functional groups attached to an aromatic ring is 1. The van der Waals surface area contributed by atoms with Crippen molar-refractivity contribution in [2.75, 3.05) is 17.6 Å². The maximum absolute atomic E-state index is 12.7. The quantitative estimate of drug-likeness (QED) is 0.422. The van der Waals surface area contributed by atoms with Gasteiger partial charge in [-0.25, -0.2) is 9.97 Å². The summed E-state index contributed by atoms with van der Waals surface area (Å²) < 4.78 is 1.94. The molecule has 5 rings (SSSR count). The molecule has 0 unspecified atom stereocenters. The first-order chi connectivity index (χ1) is 17.1. The second-order valence-corrected chi connectivity index (χ2v) is 8.44. The zero-order valence-electron chi connectivity index (χ0n) is 19.4. The number of amides is 2. The number of rotatable bonds is 5. The van der Waals surface area contributed by atoms with Crippen LogP contribution in [0.4, 0.5) is 11.5 Å². The molecule has 35 heavy (non-hydrogen) atoms. The fourth-order valence-corrected chi connectivity index (χ4v) is 4.56. The third-order valence-electron chi connectivity index (χ3n) is 6.21. The highest BCUT2D eigenvalue weighted by Gasteiger charge is 2.33. The monoisotopic (exact) mass is 466 g/mol. The fraction of sp³-hybridized carbons (Fsp3) is 0.185. The Morgan fingerprint density at radius 3 is 2.63 bits per heavy atom. The van der Waals surface area contributed by atoms with E-state index in [9.17, 15) is 9.59 Å². The highest BCUT2D eigenvalue weighted by molar-refractivity contribution is 6.04. The molecule has 1 saturated heterocycles. The average molecular weight is 467 g/mol. The summed E-state index contributed by atoms with van der Waals surface area (Å²) in [5, 5.41) is 2.91. The lowest BCUT2D eigenvalue weighted by Gasteiger charge is -2.22. The molecule has 1 fully saturated rings. The highest BCUT2D eigenvalue weighted by atomic mass is 16.2. The number of nitrogens with one attached hydrogen (secondary N) is 1. The van der Waals surface area contributed by atoms with E-state index in [-0.39, 0.29) is 17.9 Å². The molecule has 3 heterocycles. The maximum atomic E-state index is 12.7. The Labute approximate surface area is 203 Å². The summed E-state index contributed by atoms with van der Waals surface area (Å²) in [6.07, 6.45) is 8.57. The average Bonchev–Trinajstić information content (AvgIpc) is 3.51. The topological polar surface area (TPSA) is 106 Å². The molecule has 176 valence electrons. The lowest BCUT2D eigenvalue weighted by molar-refractivity contribution is -0.127. The van der Waals surface area contributed by atoms with Gasteiger partial charge in [-0.15, -0.1) is 0 Å². The van der Waals surface area contributed by atoms with Crippen LogP contribution < -0.4 is 11.1 Å². The molecule has 8 nitrogen and oxygen atoms in total. The largest absolute Gasteiger partial charge is 0.382 e. The number of nitrogens with zero attached hydrogens (tertiary/aromatic N) is 4. The molecule has 2 amide bonds. The first kappa shape index (κ1) is 22.3. The third-order valence-corrected chi connectivity index (χ3v) is 6.21. The van der Waals surface area contributed by atoms with Crippen LogP contribution in [0.25, 0.3) is 16.8 Å². The number of nitrogens with two attached hydrogens (primary N) is 1. The minimum atomic E-state index is -0.173. The van der Waals surface area contributed by atoms with E-state index in [1.165, 1.54) is 0 Å². The molecule has 0 bridgehead atoms. The van der Waals surface area contributed by atoms with E-state index in [2.05, 4.69) is 10.3 Å². The predicted octanol–water partition coefficient (Wildman–Crippen LogP) is 4.47. The van der Waals surface area contributed by atoms with Gasteiger partial charge in [0, 0.05) is 35.8 Å². The van der Waals surface area contributed by atoms with Gasteiger partial charge < -0.3 is 16.0 Å². The first-order valence-corrected chi connectivity index (χ1v) is 11.6. The summed E-state index contributed by atoms with van der Waals surface area (Å²) in [4.78, 5) is 36.3. The summed E-state index contributed by atoms with van der Waals surface area (Å²) in [6, 6.07) is 16.4. The van der Waals surface area contributed by atoms with Gasteiger partial charge >= 0.3 is 0 Å². The van der Waals surface area contributed by atoms with Crippen molar-refractivity contribution < 1.29 is 9.59 Å². The van der Waals surface area contributed by atoms with Crippen molar-refractivity contribution in [3.05, 3.63) is 90.5 Å². The van der Waals surface area contributed by atoms with Crippen molar-refractivity contribution in [2.24, 2.45) is 0 Å². The molecule has 0 spiro atoms. The fourth-order valence-electron chi connectivity index (χ4n) is 4.56. The van der Waals surface area contributed by atoms with E-state index < -0.39 is 0 Å². The van der Waals surface area contributed by atoms with Gasteiger partial charge in [-0.05, 0) is 50.1 Å². The minimum Gasteiger partial charge on any atom is -0.382 e. The van der Waals surface area contributed by atoms with E-state index in [4.69, 9.17) is 10.7 Å². The first-order valence-electron chi connectivity index (χ1n) is 11.6. The lowest BCUT2D eigenvalue weighted by atomic mass is 10.1. The number of likely N-dealkylation sites (tertiary alicyclic amines) is 1. The second kappa shape index (κ2) is 9.42. The van der Waals surface area contributed by atoms with Crippen molar-refractivity contribution in [1.29, 1.82) is 0 Å². The van der Waals surface area contributed by atoms with E-state index >= 15 is 0 Å². The summed E-state index contributed by atoms with van der Waals surface area (Å²) in [5.41, 5.74) is 9.79. The molecule has 0 aliphatic carbocycles. The molecule has 0 saturated carbocycles. The number of benzene rings is 2. The second-order valence-electron chi connectivity index (χ2n) is 8.44. The summed E-state index contributed by atoms with van der Waals surface area (Å²) in [7, 11) is 0. The van der Waals surface area contributed by atoms with Gasteiger partial charge in [0.15, 0.2) is 0 Å². The van der Waals surface area contributed by atoms with E-state index in [1.54, 1.807) is 30.5 Å². The lowest BCUT2D eigenvalue weighted by Crippen LogP contribution is -2.30. The summed E-state index contributed by atoms with van der Waals surface area (Å²) in [5.74, 6) is 0.940. The van der Waals surface area contributed by atoms with Crippen LogP contribution in [0.3, 0.4) is 0 Å². The van der Waals surface area contributed by atoms with Gasteiger partial charge in [-0.3, -0.25) is 14.0 Å². The van der Waals surface area contributed by atoms with Gasteiger partial charge in [-0.1, -0.05) is 36.4 Å². The molecule has 8 heteroatoms. The molecule has 1 aliphatic rings. The standard InChI is InChI=1S/C27H26N6O2/c1-2-7-22(34)32-16-6-10-21(32)26-31-23(24-25(28)29-15-17-33(24)26)18-11-13-20(14-12-18)30-27(35)19-8-4-3-5-9-19/h2-5,7-9,11-15,17,21H,6,10,16H2,1H3,(H2,28,29)(H,30,35)/b7-2+/t21-/m0/s1. The van der Waals surface area contributed by atoms with Crippen LogP contribution in [0, 0.1) is 0 Å². The van der Waals surface area contributed by atoms with E-state index in [1.807, 2.05) is 64.9 Å². The number of hydrogen-bond acceptors (Lipinski definition) is 5. The van der Waals surface area contributed by atoms with Crippen LogP contribution >= 0.6 is 0 Å². The zero-order chi connectivity index (χ0) is 24.4. The molecular weight excluding hydrogens is 440 g/mol. The minimum absolute atomic E-state index is 0.0196. The van der Waals surface area contributed by atoms with Crippen molar-refractivity contribution in [3.63, 3.8) is 0 Å². The number of anilines is 2. The van der Waals surface area contributed by atoms with Crippen LogP contribution in [0.5, 0.6) is 0 Å². The van der Waals surface area contributed by atoms with E-state index in [0.717, 1.165) is 24.2 Å². The predicted molar refractivity (Wildman–Crippen MR) is 136 cm³/mol. The molecule has 0 radical (unpaired) electrons. The van der Waals surface area contributed by atoms with Gasteiger partial charge in [0.05, 0.1) is 6.04 Å². The molecule has 4 aromatic rings. The Morgan fingerprint density at radius 1 is 1.11 bits per heavy atom. The highest BCUT2D eigenvalue weighted by Crippen LogP contribution is 2.36. The molecule has 1 aliphatic heterocycles. The number of carbonyl (C=O) groups is 2. The smallest absolute Gasteiger partial charge is 0.255 e. The normalized spacial score (nSPS) is 15.7. The number of carbonyl (C=O) groups excluding carboxylic acids is 2. The van der Waals surface area contributed by atoms with Gasteiger partial charge in [0.25, 0.3) is 5.91 Å². The van der Waals surface area contributed by atoms with Crippen molar-refractivity contribution >= 4 is 28.8 Å². The Hall–Kier alpha value is -4.46. The van der Waals surface area contributed by atoms with Crippen LogP contribution in [-0.4, -0.2) is 37.6 Å². The number of hydrogen-bond donors (Lipinski definition) is 2. The number of fused-ring (bicyclic) bond motifs is 1.